The SMILES string of the molecule is CC(Cl)c1nc2cccc(Cl)c2n1-c1cccc(C#N)c1. The Morgan fingerprint density at radius 1 is 1.24 bits per heavy atom. The molecule has 21 heavy (non-hydrogen) atoms. The number of nitriles is 1. The Labute approximate surface area is 132 Å². The lowest BCUT2D eigenvalue weighted by Crippen LogP contribution is -2.02. The highest BCUT2D eigenvalue weighted by Gasteiger charge is 2.18. The van der Waals surface area contributed by atoms with Crippen LogP contribution in [0.3, 0.4) is 0 Å². The van der Waals surface area contributed by atoms with E-state index in [0.29, 0.717) is 16.4 Å². The molecule has 0 radical (unpaired) electrons. The van der Waals surface area contributed by atoms with Crippen LogP contribution >= 0.6 is 23.2 Å². The van der Waals surface area contributed by atoms with Gasteiger partial charge in [0.15, 0.2) is 0 Å². The van der Waals surface area contributed by atoms with E-state index in [4.69, 9.17) is 28.5 Å². The van der Waals surface area contributed by atoms with Crippen molar-refractivity contribution in [2.45, 2.75) is 12.3 Å². The van der Waals surface area contributed by atoms with E-state index in [1.807, 2.05) is 41.8 Å². The van der Waals surface area contributed by atoms with Gasteiger partial charge in [0.05, 0.1) is 33.1 Å². The first-order valence-corrected chi connectivity index (χ1v) is 7.24. The zero-order valence-electron chi connectivity index (χ0n) is 11.2. The number of alkyl halides is 1. The third-order valence-corrected chi connectivity index (χ3v) is 3.74. The lowest BCUT2D eigenvalue weighted by Gasteiger charge is -2.11. The summed E-state index contributed by atoms with van der Waals surface area (Å²) in [5.74, 6) is 0.704. The number of imidazole rings is 1. The number of rotatable bonds is 2. The largest absolute Gasteiger partial charge is 0.294 e. The fourth-order valence-corrected chi connectivity index (χ4v) is 2.75. The maximum Gasteiger partial charge on any atom is 0.132 e. The molecule has 0 bridgehead atoms. The third-order valence-electron chi connectivity index (χ3n) is 3.24. The molecule has 0 aliphatic heterocycles. The third kappa shape index (κ3) is 2.37. The van der Waals surface area contributed by atoms with Crippen LogP contribution in [0, 0.1) is 11.3 Å². The van der Waals surface area contributed by atoms with Crippen molar-refractivity contribution in [2.75, 3.05) is 0 Å². The molecule has 0 spiro atoms. The molecule has 1 heterocycles. The average molecular weight is 316 g/mol. The number of benzene rings is 2. The van der Waals surface area contributed by atoms with Crippen LogP contribution in [-0.2, 0) is 0 Å². The number of nitrogens with zero attached hydrogens (tertiary/aromatic N) is 3. The van der Waals surface area contributed by atoms with Crippen molar-refractivity contribution in [1.29, 1.82) is 5.26 Å². The van der Waals surface area contributed by atoms with E-state index in [0.717, 1.165) is 16.7 Å². The molecule has 1 atom stereocenters. The Morgan fingerprint density at radius 3 is 2.71 bits per heavy atom. The maximum absolute atomic E-state index is 9.08. The minimum absolute atomic E-state index is 0.279. The van der Waals surface area contributed by atoms with E-state index < -0.39 is 0 Å². The number of para-hydroxylation sites is 1. The molecule has 1 aromatic heterocycles. The van der Waals surface area contributed by atoms with Crippen LogP contribution in [0.15, 0.2) is 42.5 Å². The first-order valence-electron chi connectivity index (χ1n) is 6.43. The second-order valence-electron chi connectivity index (χ2n) is 4.69. The smallest absolute Gasteiger partial charge is 0.132 e. The molecule has 0 fully saturated rings. The second-order valence-corrected chi connectivity index (χ2v) is 5.75. The fraction of sp³-hybridized carbons (Fsp3) is 0.125. The predicted octanol–water partition coefficient (Wildman–Crippen LogP) is 4.85. The number of aromatic nitrogens is 2. The van der Waals surface area contributed by atoms with Crippen LogP contribution in [0.1, 0.15) is 23.7 Å². The molecular weight excluding hydrogens is 305 g/mol. The zero-order chi connectivity index (χ0) is 15.0. The van der Waals surface area contributed by atoms with Crippen LogP contribution in [0.5, 0.6) is 0 Å². The highest BCUT2D eigenvalue weighted by atomic mass is 35.5. The van der Waals surface area contributed by atoms with Gasteiger partial charge in [-0.15, -0.1) is 11.6 Å². The second kappa shape index (κ2) is 5.40. The van der Waals surface area contributed by atoms with E-state index in [2.05, 4.69) is 11.1 Å². The van der Waals surface area contributed by atoms with Gasteiger partial charge in [0, 0.05) is 5.69 Å². The molecule has 0 N–H and O–H groups in total. The molecule has 3 nitrogen and oxygen atoms in total. The number of hydrogen-bond acceptors (Lipinski definition) is 2. The zero-order valence-corrected chi connectivity index (χ0v) is 12.7. The van der Waals surface area contributed by atoms with Gasteiger partial charge in [0.25, 0.3) is 0 Å². The molecule has 0 saturated heterocycles. The van der Waals surface area contributed by atoms with Gasteiger partial charge in [-0.25, -0.2) is 4.98 Å². The van der Waals surface area contributed by atoms with Crippen LogP contribution in [0.2, 0.25) is 5.02 Å². The molecule has 104 valence electrons. The van der Waals surface area contributed by atoms with Crippen LogP contribution in [0.4, 0.5) is 0 Å². The molecular formula is C16H11Cl2N3. The standard InChI is InChI=1S/C16H11Cl2N3/c1-10(17)16-20-14-7-3-6-13(18)15(14)21(16)12-5-2-4-11(8-12)9-19/h2-8,10H,1H3. The Hall–Kier alpha value is -2.02. The molecule has 2 aromatic carbocycles. The van der Waals surface area contributed by atoms with Crippen LogP contribution in [-0.4, -0.2) is 9.55 Å². The fourth-order valence-electron chi connectivity index (χ4n) is 2.35. The first kappa shape index (κ1) is 13.9. The highest BCUT2D eigenvalue weighted by molar-refractivity contribution is 6.35. The van der Waals surface area contributed by atoms with E-state index in [1.54, 1.807) is 12.1 Å². The lowest BCUT2D eigenvalue weighted by atomic mass is 10.2. The summed E-state index contributed by atoms with van der Waals surface area (Å²) >= 11 is 12.6. The average Bonchev–Trinajstić information content (AvgIpc) is 2.88. The lowest BCUT2D eigenvalue weighted by molar-refractivity contribution is 0.882. The van der Waals surface area contributed by atoms with Crippen molar-refractivity contribution in [3.63, 3.8) is 0 Å². The Balaban J connectivity index is 2.39. The van der Waals surface area contributed by atoms with Crippen molar-refractivity contribution in [1.82, 2.24) is 9.55 Å². The van der Waals surface area contributed by atoms with Gasteiger partial charge in [-0.05, 0) is 37.3 Å². The van der Waals surface area contributed by atoms with E-state index in [1.165, 1.54) is 0 Å². The molecule has 0 amide bonds. The van der Waals surface area contributed by atoms with Gasteiger partial charge in [-0.3, -0.25) is 4.57 Å². The van der Waals surface area contributed by atoms with Crippen molar-refractivity contribution in [3.05, 3.63) is 58.9 Å². The Morgan fingerprint density at radius 2 is 2.00 bits per heavy atom. The summed E-state index contributed by atoms with van der Waals surface area (Å²) in [6.07, 6.45) is 0. The van der Waals surface area contributed by atoms with Gasteiger partial charge in [0.2, 0.25) is 0 Å². The van der Waals surface area contributed by atoms with E-state index in [-0.39, 0.29) is 5.38 Å². The summed E-state index contributed by atoms with van der Waals surface area (Å²) in [6.45, 7) is 1.86. The molecule has 3 rings (SSSR count). The van der Waals surface area contributed by atoms with Gasteiger partial charge in [-0.1, -0.05) is 23.7 Å². The minimum Gasteiger partial charge on any atom is -0.294 e. The van der Waals surface area contributed by atoms with Crippen molar-refractivity contribution in [3.8, 4) is 11.8 Å². The minimum atomic E-state index is -0.279. The highest BCUT2D eigenvalue weighted by Crippen LogP contribution is 2.32. The van der Waals surface area contributed by atoms with Crippen molar-refractivity contribution < 1.29 is 0 Å². The molecule has 1 unspecified atom stereocenters. The first-order chi connectivity index (χ1) is 10.1. The van der Waals surface area contributed by atoms with Gasteiger partial charge in [-0.2, -0.15) is 5.26 Å². The summed E-state index contributed by atoms with van der Waals surface area (Å²) in [6, 6.07) is 15.0. The Bertz CT molecular complexity index is 860. The van der Waals surface area contributed by atoms with E-state index >= 15 is 0 Å². The monoisotopic (exact) mass is 315 g/mol. The Kier molecular flexibility index (Phi) is 3.59. The summed E-state index contributed by atoms with van der Waals surface area (Å²) in [5.41, 5.74) is 2.99. The normalized spacial score (nSPS) is 12.3. The van der Waals surface area contributed by atoms with Crippen LogP contribution < -0.4 is 0 Å². The van der Waals surface area contributed by atoms with Gasteiger partial charge < -0.3 is 0 Å². The molecule has 0 aliphatic carbocycles. The maximum atomic E-state index is 9.08. The van der Waals surface area contributed by atoms with E-state index in [9.17, 15) is 0 Å². The van der Waals surface area contributed by atoms with Crippen molar-refractivity contribution in [2.24, 2.45) is 0 Å². The van der Waals surface area contributed by atoms with Crippen LogP contribution in [0.25, 0.3) is 16.7 Å². The summed E-state index contributed by atoms with van der Waals surface area (Å²) < 4.78 is 1.91. The molecule has 0 aliphatic rings. The topological polar surface area (TPSA) is 41.6 Å². The summed E-state index contributed by atoms with van der Waals surface area (Å²) in [4.78, 5) is 4.57. The predicted molar refractivity (Wildman–Crippen MR) is 85.1 cm³/mol. The molecule has 5 heteroatoms. The summed E-state index contributed by atoms with van der Waals surface area (Å²) in [5, 5.41) is 9.40. The van der Waals surface area contributed by atoms with Gasteiger partial charge >= 0.3 is 0 Å². The summed E-state index contributed by atoms with van der Waals surface area (Å²) in [7, 11) is 0. The molecule has 0 saturated carbocycles. The van der Waals surface area contributed by atoms with Crippen molar-refractivity contribution >= 4 is 34.2 Å². The molecule has 3 aromatic rings. The number of fused-ring (bicyclic) bond motifs is 1. The quantitative estimate of drug-likeness (QED) is 0.634. The number of halogens is 2. The van der Waals surface area contributed by atoms with Gasteiger partial charge in [0.1, 0.15) is 5.82 Å². The number of hydrogen-bond donors (Lipinski definition) is 0.